The molecule has 0 saturated carbocycles. The Kier molecular flexibility index (Phi) is 5.20. The smallest absolute Gasteiger partial charge is 0.329 e. The summed E-state index contributed by atoms with van der Waals surface area (Å²) in [6.45, 7) is 5.93. The van der Waals surface area contributed by atoms with Crippen molar-refractivity contribution in [3.63, 3.8) is 0 Å². The van der Waals surface area contributed by atoms with Crippen LogP contribution in [0.4, 0.5) is 0 Å². The predicted octanol–water partition coefficient (Wildman–Crippen LogP) is 1.50. The molecule has 0 saturated heterocycles. The van der Waals surface area contributed by atoms with E-state index in [1.807, 2.05) is 13.8 Å². The molecule has 4 heteroatoms. The van der Waals surface area contributed by atoms with E-state index in [2.05, 4.69) is 0 Å². The van der Waals surface area contributed by atoms with Gasteiger partial charge in [0.05, 0.1) is 0 Å². The largest absolute Gasteiger partial charge is 0.480 e. The molecule has 0 bridgehead atoms. The lowest BCUT2D eigenvalue weighted by Crippen LogP contribution is -2.52. The Morgan fingerprint density at radius 3 is 2.29 bits per heavy atom. The molecule has 0 aliphatic carbocycles. The van der Waals surface area contributed by atoms with Gasteiger partial charge >= 0.3 is 5.97 Å². The van der Waals surface area contributed by atoms with Gasteiger partial charge in [-0.2, -0.15) is 0 Å². The Morgan fingerprint density at radius 2 is 2.00 bits per heavy atom. The zero-order valence-electron chi connectivity index (χ0n) is 9.12. The van der Waals surface area contributed by atoms with Crippen molar-refractivity contribution in [3.05, 3.63) is 0 Å². The van der Waals surface area contributed by atoms with Gasteiger partial charge in [0.25, 0.3) is 0 Å². The molecule has 0 fully saturated rings. The topological polar surface area (TPSA) is 57.6 Å². The first-order valence-corrected chi connectivity index (χ1v) is 4.98. The molecule has 1 unspecified atom stereocenters. The van der Waals surface area contributed by atoms with E-state index in [-0.39, 0.29) is 0 Å². The number of hydrogen-bond acceptors (Lipinski definition) is 2. The van der Waals surface area contributed by atoms with Crippen LogP contribution < -0.4 is 0 Å². The zero-order chi connectivity index (χ0) is 11.2. The van der Waals surface area contributed by atoms with E-state index in [1.165, 1.54) is 4.90 Å². The molecule has 1 amide bonds. The normalized spacial score (nSPS) is 14.5. The summed E-state index contributed by atoms with van der Waals surface area (Å²) in [5.41, 5.74) is -1.05. The molecule has 0 spiro atoms. The number of carboxylic acid groups (broad SMARTS) is 1. The van der Waals surface area contributed by atoms with Crippen LogP contribution in [0.5, 0.6) is 0 Å². The summed E-state index contributed by atoms with van der Waals surface area (Å²) in [4.78, 5) is 23.2. The quantitative estimate of drug-likeness (QED) is 0.635. The van der Waals surface area contributed by atoms with Crippen molar-refractivity contribution in [3.8, 4) is 0 Å². The van der Waals surface area contributed by atoms with Gasteiger partial charge in [-0.05, 0) is 19.8 Å². The Labute approximate surface area is 84.9 Å². The van der Waals surface area contributed by atoms with Crippen LogP contribution in [0.1, 0.15) is 40.0 Å². The van der Waals surface area contributed by atoms with E-state index in [0.29, 0.717) is 19.4 Å². The third kappa shape index (κ3) is 2.72. The first-order valence-electron chi connectivity index (χ1n) is 4.98. The minimum atomic E-state index is -1.05. The summed E-state index contributed by atoms with van der Waals surface area (Å²) >= 11 is 0. The summed E-state index contributed by atoms with van der Waals surface area (Å²) in [6, 6.07) is 0. The van der Waals surface area contributed by atoms with E-state index in [0.717, 1.165) is 12.8 Å². The Hall–Kier alpha value is -1.06. The molecule has 1 atom stereocenters. The maximum atomic E-state index is 11.1. The fourth-order valence-electron chi connectivity index (χ4n) is 1.52. The van der Waals surface area contributed by atoms with Crippen molar-refractivity contribution < 1.29 is 14.7 Å². The van der Waals surface area contributed by atoms with Crippen molar-refractivity contribution in [1.29, 1.82) is 0 Å². The fourth-order valence-corrected chi connectivity index (χ4v) is 1.52. The Balaban J connectivity index is 4.75. The van der Waals surface area contributed by atoms with Crippen LogP contribution >= 0.6 is 0 Å². The molecule has 0 aliphatic rings. The van der Waals surface area contributed by atoms with E-state index >= 15 is 0 Å². The van der Waals surface area contributed by atoms with Crippen LogP contribution in [0.3, 0.4) is 0 Å². The standard InChI is InChI=1S/C10H19NO3/c1-4-6-10(3,9(13)14)11(8-12)7-5-2/h8H,4-7H2,1-3H3,(H,13,14). The van der Waals surface area contributed by atoms with Gasteiger partial charge < -0.3 is 10.0 Å². The van der Waals surface area contributed by atoms with Crippen molar-refractivity contribution in [2.45, 2.75) is 45.6 Å². The predicted molar refractivity (Wildman–Crippen MR) is 54.0 cm³/mol. The molecule has 1 N–H and O–H groups in total. The molecular weight excluding hydrogens is 182 g/mol. The monoisotopic (exact) mass is 201 g/mol. The molecule has 0 aromatic rings. The molecule has 82 valence electrons. The maximum Gasteiger partial charge on any atom is 0.329 e. The molecule has 0 radical (unpaired) electrons. The number of amides is 1. The second-order valence-electron chi connectivity index (χ2n) is 3.63. The van der Waals surface area contributed by atoms with Gasteiger partial charge in [-0.15, -0.1) is 0 Å². The van der Waals surface area contributed by atoms with Gasteiger partial charge in [0.15, 0.2) is 0 Å². The summed E-state index contributed by atoms with van der Waals surface area (Å²) in [7, 11) is 0. The summed E-state index contributed by atoms with van der Waals surface area (Å²) < 4.78 is 0. The first kappa shape index (κ1) is 12.9. The van der Waals surface area contributed by atoms with Crippen LogP contribution in [-0.4, -0.2) is 34.5 Å². The summed E-state index contributed by atoms with van der Waals surface area (Å²) in [6.07, 6.45) is 2.64. The highest BCUT2D eigenvalue weighted by Crippen LogP contribution is 2.20. The Bertz CT molecular complexity index is 206. The van der Waals surface area contributed by atoms with Gasteiger partial charge in [-0.25, -0.2) is 4.79 Å². The van der Waals surface area contributed by atoms with Gasteiger partial charge in [0.2, 0.25) is 6.41 Å². The van der Waals surface area contributed by atoms with Crippen LogP contribution in [0.2, 0.25) is 0 Å². The number of rotatable bonds is 7. The van der Waals surface area contributed by atoms with Crippen LogP contribution in [-0.2, 0) is 9.59 Å². The number of aliphatic carboxylic acids is 1. The number of carboxylic acids is 1. The maximum absolute atomic E-state index is 11.1. The lowest BCUT2D eigenvalue weighted by Gasteiger charge is -2.34. The van der Waals surface area contributed by atoms with Gasteiger partial charge in [-0.1, -0.05) is 20.3 Å². The van der Waals surface area contributed by atoms with Crippen LogP contribution in [0, 0.1) is 0 Å². The van der Waals surface area contributed by atoms with Crippen molar-refractivity contribution >= 4 is 12.4 Å². The highest BCUT2D eigenvalue weighted by atomic mass is 16.4. The molecule has 0 aliphatic heterocycles. The summed E-state index contributed by atoms with van der Waals surface area (Å²) in [5.74, 6) is -0.931. The number of carbonyl (C=O) groups is 2. The molecule has 4 nitrogen and oxygen atoms in total. The van der Waals surface area contributed by atoms with Crippen LogP contribution in [0.15, 0.2) is 0 Å². The average molecular weight is 201 g/mol. The summed E-state index contributed by atoms with van der Waals surface area (Å²) in [5, 5.41) is 9.09. The molecular formula is C10H19NO3. The minimum absolute atomic E-state index is 0.487. The first-order chi connectivity index (χ1) is 6.52. The second kappa shape index (κ2) is 5.62. The number of carbonyl (C=O) groups excluding carboxylic acids is 1. The Morgan fingerprint density at radius 1 is 1.43 bits per heavy atom. The molecule has 14 heavy (non-hydrogen) atoms. The molecule has 0 heterocycles. The highest BCUT2D eigenvalue weighted by molar-refractivity contribution is 5.80. The minimum Gasteiger partial charge on any atom is -0.480 e. The number of hydrogen-bond donors (Lipinski definition) is 1. The fraction of sp³-hybridized carbons (Fsp3) is 0.800. The number of nitrogens with zero attached hydrogens (tertiary/aromatic N) is 1. The van der Waals surface area contributed by atoms with Crippen LogP contribution in [0.25, 0.3) is 0 Å². The zero-order valence-corrected chi connectivity index (χ0v) is 9.12. The second-order valence-corrected chi connectivity index (χ2v) is 3.63. The molecule has 0 aromatic heterocycles. The van der Waals surface area contributed by atoms with Crippen molar-refractivity contribution in [2.75, 3.05) is 6.54 Å². The van der Waals surface area contributed by atoms with Gasteiger partial charge in [0, 0.05) is 6.54 Å². The van der Waals surface area contributed by atoms with E-state index in [1.54, 1.807) is 6.92 Å². The van der Waals surface area contributed by atoms with E-state index < -0.39 is 11.5 Å². The average Bonchev–Trinajstić information content (AvgIpc) is 2.14. The van der Waals surface area contributed by atoms with E-state index in [4.69, 9.17) is 5.11 Å². The third-order valence-corrected chi connectivity index (χ3v) is 2.42. The third-order valence-electron chi connectivity index (χ3n) is 2.42. The van der Waals surface area contributed by atoms with Gasteiger partial charge in [-0.3, -0.25) is 4.79 Å². The molecule has 0 aromatic carbocycles. The van der Waals surface area contributed by atoms with Crippen molar-refractivity contribution in [2.24, 2.45) is 0 Å². The lowest BCUT2D eigenvalue weighted by molar-refractivity contribution is -0.154. The lowest BCUT2D eigenvalue weighted by atomic mass is 9.94. The SMILES string of the molecule is CCCN(C=O)C(C)(CCC)C(=O)O. The van der Waals surface area contributed by atoms with Gasteiger partial charge in [0.1, 0.15) is 5.54 Å². The van der Waals surface area contributed by atoms with Crippen molar-refractivity contribution in [1.82, 2.24) is 4.90 Å². The highest BCUT2D eigenvalue weighted by Gasteiger charge is 2.37. The van der Waals surface area contributed by atoms with E-state index in [9.17, 15) is 9.59 Å². The molecule has 0 rings (SSSR count).